The van der Waals surface area contributed by atoms with Gasteiger partial charge in [0.1, 0.15) is 0 Å². The minimum atomic E-state index is -0.139. The van der Waals surface area contributed by atoms with Gasteiger partial charge in [0.15, 0.2) is 11.5 Å². The molecule has 1 amide bonds. The van der Waals surface area contributed by atoms with Gasteiger partial charge in [-0.25, -0.2) is 0 Å². The normalized spacial score (nSPS) is 12.5. The first kappa shape index (κ1) is 14.5. The topological polar surface area (TPSA) is 38.8 Å². The van der Waals surface area contributed by atoms with Crippen LogP contribution < -0.4 is 9.47 Å². The smallest absolute Gasteiger partial charge is 0.254 e. The maximum absolute atomic E-state index is 12.5. The van der Waals surface area contributed by atoms with Crippen LogP contribution in [0.2, 0.25) is 9.36 Å². The number of halogens is 2. The highest BCUT2D eigenvalue weighted by molar-refractivity contribution is 7.16. The Bertz CT molecular complexity index is 702. The Morgan fingerprint density at radius 3 is 2.86 bits per heavy atom. The standard InChI is InChI=1S/C14H11Cl2NO3S/c1-17(6-9-2-3-12(16)21-9)14(18)8-4-10(15)13-11(5-8)19-7-20-13/h2-5H,6-7H2,1H3. The number of fused-ring (bicyclic) bond motifs is 1. The fraction of sp³-hybridized carbons (Fsp3) is 0.214. The molecule has 0 N–H and O–H groups in total. The number of carbonyl (C=O) groups is 1. The molecule has 1 aliphatic rings. The van der Waals surface area contributed by atoms with Gasteiger partial charge in [0.2, 0.25) is 6.79 Å². The molecule has 1 aliphatic heterocycles. The number of benzene rings is 1. The summed E-state index contributed by atoms with van der Waals surface area (Å²) in [7, 11) is 1.73. The SMILES string of the molecule is CN(Cc1ccc(Cl)s1)C(=O)c1cc(Cl)c2c(c1)OCO2. The number of nitrogens with zero attached hydrogens (tertiary/aromatic N) is 1. The zero-order valence-corrected chi connectivity index (χ0v) is 13.4. The van der Waals surface area contributed by atoms with Crippen molar-refractivity contribution in [3.05, 3.63) is 44.1 Å². The van der Waals surface area contributed by atoms with Gasteiger partial charge in [0.25, 0.3) is 5.91 Å². The van der Waals surface area contributed by atoms with Crippen molar-refractivity contribution in [2.75, 3.05) is 13.8 Å². The quantitative estimate of drug-likeness (QED) is 0.843. The predicted molar refractivity (Wildman–Crippen MR) is 82.7 cm³/mol. The zero-order chi connectivity index (χ0) is 15.0. The molecule has 0 saturated carbocycles. The van der Waals surface area contributed by atoms with E-state index < -0.39 is 0 Å². The lowest BCUT2D eigenvalue weighted by atomic mass is 10.1. The van der Waals surface area contributed by atoms with E-state index in [-0.39, 0.29) is 12.7 Å². The number of hydrogen-bond acceptors (Lipinski definition) is 4. The average molecular weight is 344 g/mol. The second kappa shape index (κ2) is 5.75. The Morgan fingerprint density at radius 1 is 1.33 bits per heavy atom. The van der Waals surface area contributed by atoms with Gasteiger partial charge in [-0.1, -0.05) is 23.2 Å². The monoisotopic (exact) mass is 343 g/mol. The number of hydrogen-bond donors (Lipinski definition) is 0. The first-order chi connectivity index (χ1) is 10.0. The van der Waals surface area contributed by atoms with Gasteiger partial charge >= 0.3 is 0 Å². The third kappa shape index (κ3) is 2.95. The van der Waals surface area contributed by atoms with E-state index in [0.29, 0.717) is 33.0 Å². The van der Waals surface area contributed by atoms with Crippen LogP contribution in [-0.4, -0.2) is 24.6 Å². The van der Waals surface area contributed by atoms with Gasteiger partial charge in [0, 0.05) is 17.5 Å². The summed E-state index contributed by atoms with van der Waals surface area (Å²) in [6.07, 6.45) is 0. The second-order valence-corrected chi connectivity index (χ2v) is 6.77. The molecular formula is C14H11Cl2NO3S. The van der Waals surface area contributed by atoms with Gasteiger partial charge in [-0.2, -0.15) is 0 Å². The van der Waals surface area contributed by atoms with Gasteiger partial charge in [-0.15, -0.1) is 11.3 Å². The van der Waals surface area contributed by atoms with E-state index in [0.717, 1.165) is 4.88 Å². The molecule has 4 nitrogen and oxygen atoms in total. The van der Waals surface area contributed by atoms with Crippen molar-refractivity contribution in [2.24, 2.45) is 0 Å². The third-order valence-corrected chi connectivity index (χ3v) is 4.54. The van der Waals surface area contributed by atoms with E-state index in [4.69, 9.17) is 32.7 Å². The maximum Gasteiger partial charge on any atom is 0.254 e. The highest BCUT2D eigenvalue weighted by Gasteiger charge is 2.22. The molecule has 110 valence electrons. The summed E-state index contributed by atoms with van der Waals surface area (Å²) in [6, 6.07) is 6.96. The summed E-state index contributed by atoms with van der Waals surface area (Å²) < 4.78 is 11.2. The molecule has 0 atom stereocenters. The van der Waals surface area contributed by atoms with Crippen molar-refractivity contribution < 1.29 is 14.3 Å². The van der Waals surface area contributed by atoms with E-state index in [1.165, 1.54) is 11.3 Å². The van der Waals surface area contributed by atoms with Crippen molar-refractivity contribution in [2.45, 2.75) is 6.54 Å². The average Bonchev–Trinajstić information content (AvgIpc) is 3.07. The molecule has 2 heterocycles. The lowest BCUT2D eigenvalue weighted by Gasteiger charge is -2.16. The summed E-state index contributed by atoms with van der Waals surface area (Å²) in [6.45, 7) is 0.610. The summed E-state index contributed by atoms with van der Waals surface area (Å²) in [4.78, 5) is 15.1. The summed E-state index contributed by atoms with van der Waals surface area (Å²) in [5, 5.41) is 0.376. The van der Waals surface area contributed by atoms with Gasteiger partial charge < -0.3 is 14.4 Å². The molecule has 0 spiro atoms. The zero-order valence-electron chi connectivity index (χ0n) is 11.1. The molecule has 1 aromatic heterocycles. The third-order valence-electron chi connectivity index (χ3n) is 3.04. The molecular weight excluding hydrogens is 333 g/mol. The lowest BCUT2D eigenvalue weighted by molar-refractivity contribution is 0.0786. The van der Waals surface area contributed by atoms with E-state index in [1.54, 1.807) is 24.1 Å². The number of thiophene rings is 1. The van der Waals surface area contributed by atoms with E-state index in [2.05, 4.69) is 0 Å². The predicted octanol–water partition coefficient (Wildman–Crippen LogP) is 4.06. The highest BCUT2D eigenvalue weighted by atomic mass is 35.5. The summed E-state index contributed by atoms with van der Waals surface area (Å²) >= 11 is 13.4. The van der Waals surface area contributed by atoms with Gasteiger partial charge in [0.05, 0.1) is 15.9 Å². The number of amides is 1. The van der Waals surface area contributed by atoms with Crippen LogP contribution >= 0.6 is 34.5 Å². The van der Waals surface area contributed by atoms with Gasteiger partial charge in [-0.05, 0) is 24.3 Å². The van der Waals surface area contributed by atoms with Crippen molar-refractivity contribution in [3.8, 4) is 11.5 Å². The maximum atomic E-state index is 12.5. The highest BCUT2D eigenvalue weighted by Crippen LogP contribution is 2.40. The van der Waals surface area contributed by atoms with Crippen molar-refractivity contribution in [3.63, 3.8) is 0 Å². The van der Waals surface area contributed by atoms with Crippen LogP contribution in [0.3, 0.4) is 0 Å². The molecule has 21 heavy (non-hydrogen) atoms. The first-order valence-electron chi connectivity index (χ1n) is 6.13. The largest absolute Gasteiger partial charge is 0.454 e. The Morgan fingerprint density at radius 2 is 2.14 bits per heavy atom. The van der Waals surface area contributed by atoms with Crippen LogP contribution in [0, 0.1) is 0 Å². The Balaban J connectivity index is 1.80. The summed E-state index contributed by atoms with van der Waals surface area (Å²) in [5.74, 6) is 0.846. The Hall–Kier alpha value is -1.43. The van der Waals surface area contributed by atoms with Crippen molar-refractivity contribution in [1.29, 1.82) is 0 Å². The minimum Gasteiger partial charge on any atom is -0.454 e. The molecule has 1 aromatic carbocycles. The summed E-state index contributed by atoms with van der Waals surface area (Å²) in [5.41, 5.74) is 0.467. The Kier molecular flexibility index (Phi) is 3.97. The lowest BCUT2D eigenvalue weighted by Crippen LogP contribution is -2.25. The number of ether oxygens (including phenoxy) is 2. The van der Waals surface area contributed by atoms with E-state index in [1.807, 2.05) is 12.1 Å². The van der Waals surface area contributed by atoms with Crippen molar-refractivity contribution >= 4 is 40.4 Å². The molecule has 0 radical (unpaired) electrons. The van der Waals surface area contributed by atoms with Crippen LogP contribution in [0.4, 0.5) is 0 Å². The van der Waals surface area contributed by atoms with E-state index >= 15 is 0 Å². The van der Waals surface area contributed by atoms with Crippen LogP contribution in [0.1, 0.15) is 15.2 Å². The molecule has 0 saturated heterocycles. The van der Waals surface area contributed by atoms with Crippen LogP contribution in [0.5, 0.6) is 11.5 Å². The number of rotatable bonds is 3. The molecule has 0 bridgehead atoms. The van der Waals surface area contributed by atoms with Crippen LogP contribution in [-0.2, 0) is 6.54 Å². The minimum absolute atomic E-state index is 0.121. The fourth-order valence-corrected chi connectivity index (χ4v) is 3.46. The molecule has 2 aromatic rings. The molecule has 3 rings (SSSR count). The molecule has 0 fully saturated rings. The van der Waals surface area contributed by atoms with E-state index in [9.17, 15) is 4.79 Å². The molecule has 7 heteroatoms. The Labute approximate surface area is 135 Å². The van der Waals surface area contributed by atoms with Crippen LogP contribution in [0.25, 0.3) is 0 Å². The number of carbonyl (C=O) groups excluding carboxylic acids is 1. The molecule has 0 aliphatic carbocycles. The van der Waals surface area contributed by atoms with Gasteiger partial charge in [-0.3, -0.25) is 4.79 Å². The first-order valence-corrected chi connectivity index (χ1v) is 7.70. The molecule has 0 unspecified atom stereocenters. The fourth-order valence-electron chi connectivity index (χ4n) is 2.05. The van der Waals surface area contributed by atoms with Crippen LogP contribution in [0.15, 0.2) is 24.3 Å². The van der Waals surface area contributed by atoms with Crippen molar-refractivity contribution in [1.82, 2.24) is 4.90 Å². The second-order valence-electron chi connectivity index (χ2n) is 4.56.